The van der Waals surface area contributed by atoms with E-state index in [1.165, 1.54) is 0 Å². The van der Waals surface area contributed by atoms with Crippen LogP contribution in [-0.4, -0.2) is 50.4 Å². The van der Waals surface area contributed by atoms with Gasteiger partial charge >= 0.3 is 0 Å². The number of halogens is 1. The number of benzene rings is 1. The van der Waals surface area contributed by atoms with E-state index in [4.69, 9.17) is 16.3 Å². The first kappa shape index (κ1) is 15.3. The Balaban J connectivity index is 2.08. The third-order valence-electron chi connectivity index (χ3n) is 4.67. The molecule has 1 aromatic carbocycles. The van der Waals surface area contributed by atoms with E-state index >= 15 is 0 Å². The topological polar surface area (TPSA) is 46.6 Å². The number of rotatable bonds is 2. The minimum atomic E-state index is -3.47. The average Bonchev–Trinajstić information content (AvgIpc) is 2.48. The zero-order chi connectivity index (χ0) is 15.3. The summed E-state index contributed by atoms with van der Waals surface area (Å²) in [5.74, 6) is 0. The molecule has 2 atom stereocenters. The Morgan fingerprint density at radius 3 is 2.33 bits per heavy atom. The molecule has 6 heteroatoms. The molecule has 2 aliphatic heterocycles. The molecule has 0 amide bonds. The summed E-state index contributed by atoms with van der Waals surface area (Å²) in [4.78, 5) is 2.16. The monoisotopic (exact) mass is 329 g/mol. The predicted molar refractivity (Wildman–Crippen MR) is 83.2 cm³/mol. The van der Waals surface area contributed by atoms with Crippen LogP contribution < -0.4 is 0 Å². The van der Waals surface area contributed by atoms with Gasteiger partial charge in [-0.2, -0.15) is 0 Å². The molecular weight excluding hydrogens is 310 g/mol. The minimum Gasteiger partial charge on any atom is -0.379 e. The highest BCUT2D eigenvalue weighted by Gasteiger charge is 2.74. The van der Waals surface area contributed by atoms with Gasteiger partial charge in [0.25, 0.3) is 0 Å². The Hall–Kier alpha value is -0.620. The number of morpholine rings is 1. The molecule has 0 spiro atoms. The molecule has 116 valence electrons. The lowest BCUT2D eigenvalue weighted by molar-refractivity contribution is -0.00324. The van der Waals surface area contributed by atoms with Gasteiger partial charge in [0.05, 0.1) is 24.0 Å². The van der Waals surface area contributed by atoms with Crippen LogP contribution in [0.2, 0.25) is 0 Å². The normalized spacial score (nSPS) is 35.1. The summed E-state index contributed by atoms with van der Waals surface area (Å²) in [7, 11) is -3.47. The van der Waals surface area contributed by atoms with Crippen molar-refractivity contribution in [3.63, 3.8) is 0 Å². The molecule has 0 N–H and O–H groups in total. The van der Waals surface area contributed by atoms with Gasteiger partial charge in [-0.3, -0.25) is 4.90 Å². The lowest BCUT2D eigenvalue weighted by Gasteiger charge is -2.60. The zero-order valence-electron chi connectivity index (χ0n) is 12.3. The van der Waals surface area contributed by atoms with Gasteiger partial charge < -0.3 is 4.74 Å². The van der Waals surface area contributed by atoms with Gasteiger partial charge in [0.2, 0.25) is 0 Å². The molecule has 21 heavy (non-hydrogen) atoms. The minimum absolute atomic E-state index is 0.247. The fourth-order valence-corrected chi connectivity index (χ4v) is 7.14. The predicted octanol–water partition coefficient (Wildman–Crippen LogP) is 1.99. The van der Waals surface area contributed by atoms with Crippen molar-refractivity contribution >= 4 is 21.4 Å². The number of sulfone groups is 1. The van der Waals surface area contributed by atoms with E-state index in [1.807, 2.05) is 18.2 Å². The van der Waals surface area contributed by atoms with E-state index < -0.39 is 18.8 Å². The van der Waals surface area contributed by atoms with Gasteiger partial charge in [-0.15, -0.1) is 0 Å². The molecule has 2 saturated heterocycles. The van der Waals surface area contributed by atoms with Crippen LogP contribution >= 0.6 is 11.6 Å². The smallest absolute Gasteiger partial charge is 0.188 e. The highest BCUT2D eigenvalue weighted by molar-refractivity contribution is 7.96. The maximum atomic E-state index is 12.9. The van der Waals surface area contributed by atoms with Crippen LogP contribution in [0.4, 0.5) is 0 Å². The summed E-state index contributed by atoms with van der Waals surface area (Å²) in [6.45, 7) is 6.21. The number of ether oxygens (including phenoxy) is 1. The molecule has 1 aromatic rings. The second-order valence-corrected chi connectivity index (χ2v) is 9.69. The van der Waals surface area contributed by atoms with Gasteiger partial charge in [0, 0.05) is 13.1 Å². The van der Waals surface area contributed by atoms with Crippen LogP contribution in [-0.2, 0) is 18.8 Å². The molecule has 2 aliphatic rings. The third-order valence-corrected chi connectivity index (χ3v) is 8.56. The zero-order valence-corrected chi connectivity index (χ0v) is 13.8. The van der Waals surface area contributed by atoms with Gasteiger partial charge in [-0.05, 0) is 19.4 Å². The Labute approximate surface area is 131 Å². The SMILES string of the molecule is CC1(C)C(N2CCOCC2)C(Cl)(c2ccccc2)S1(=O)=O. The molecule has 2 unspecified atom stereocenters. The largest absolute Gasteiger partial charge is 0.379 e. The molecule has 0 bridgehead atoms. The molecule has 2 fully saturated rings. The lowest BCUT2D eigenvalue weighted by Crippen LogP contribution is -2.76. The maximum Gasteiger partial charge on any atom is 0.188 e. The van der Waals surface area contributed by atoms with Crippen LogP contribution in [0, 0.1) is 0 Å². The van der Waals surface area contributed by atoms with Crippen LogP contribution in [0.1, 0.15) is 19.4 Å². The molecule has 4 nitrogen and oxygen atoms in total. The first-order valence-corrected chi connectivity index (χ1v) is 9.00. The Morgan fingerprint density at radius 2 is 1.76 bits per heavy atom. The third kappa shape index (κ3) is 1.91. The van der Waals surface area contributed by atoms with Crippen molar-refractivity contribution in [1.29, 1.82) is 0 Å². The second kappa shape index (κ2) is 4.95. The van der Waals surface area contributed by atoms with Gasteiger partial charge in [0.15, 0.2) is 14.0 Å². The highest BCUT2D eigenvalue weighted by atomic mass is 35.5. The van der Waals surface area contributed by atoms with E-state index in [-0.39, 0.29) is 6.04 Å². The molecule has 2 heterocycles. The Kier molecular flexibility index (Phi) is 3.60. The summed E-state index contributed by atoms with van der Waals surface area (Å²) in [6, 6.07) is 8.88. The van der Waals surface area contributed by atoms with Crippen molar-refractivity contribution in [3.8, 4) is 0 Å². The van der Waals surface area contributed by atoms with Gasteiger partial charge in [-0.25, -0.2) is 8.42 Å². The molecular formula is C15H20ClNO3S. The molecule has 0 aromatic heterocycles. The maximum absolute atomic E-state index is 12.9. The summed E-state index contributed by atoms with van der Waals surface area (Å²) in [5.41, 5.74) is 0.655. The summed E-state index contributed by atoms with van der Waals surface area (Å²) in [6.07, 6.45) is 0. The van der Waals surface area contributed by atoms with Crippen LogP contribution in [0.15, 0.2) is 30.3 Å². The Bertz CT molecular complexity index is 626. The Morgan fingerprint density at radius 1 is 1.19 bits per heavy atom. The first-order valence-electron chi connectivity index (χ1n) is 7.14. The average molecular weight is 330 g/mol. The molecule has 0 aliphatic carbocycles. The standard InChI is InChI=1S/C15H20ClNO3S/c1-14(2)13(17-8-10-20-11-9-17)15(16,21(14,18)19)12-6-4-3-5-7-12/h3-7,13H,8-11H2,1-2H3. The van der Waals surface area contributed by atoms with E-state index in [0.717, 1.165) is 0 Å². The summed E-state index contributed by atoms with van der Waals surface area (Å²) >= 11 is 6.74. The van der Waals surface area contributed by atoms with Gasteiger partial charge in [0.1, 0.15) is 0 Å². The number of alkyl halides is 1. The molecule has 0 saturated carbocycles. The number of hydrogen-bond donors (Lipinski definition) is 0. The van der Waals surface area contributed by atoms with E-state index in [0.29, 0.717) is 31.9 Å². The second-order valence-electron chi connectivity index (χ2n) is 6.17. The van der Waals surface area contributed by atoms with Crippen LogP contribution in [0.25, 0.3) is 0 Å². The van der Waals surface area contributed by atoms with Crippen molar-refractivity contribution < 1.29 is 13.2 Å². The fraction of sp³-hybridized carbons (Fsp3) is 0.600. The van der Waals surface area contributed by atoms with E-state index in [2.05, 4.69) is 4.90 Å². The number of hydrogen-bond acceptors (Lipinski definition) is 4. The summed E-state index contributed by atoms with van der Waals surface area (Å²) in [5, 5.41) is 0. The fourth-order valence-electron chi connectivity index (χ4n) is 3.55. The molecule has 0 radical (unpaired) electrons. The van der Waals surface area contributed by atoms with Crippen molar-refractivity contribution in [2.45, 2.75) is 28.8 Å². The molecule has 3 rings (SSSR count). The van der Waals surface area contributed by atoms with Crippen LogP contribution in [0.5, 0.6) is 0 Å². The van der Waals surface area contributed by atoms with Crippen molar-refractivity contribution in [2.24, 2.45) is 0 Å². The number of nitrogens with zero attached hydrogens (tertiary/aromatic N) is 1. The first-order chi connectivity index (χ1) is 9.83. The van der Waals surface area contributed by atoms with E-state index in [9.17, 15) is 8.42 Å². The van der Waals surface area contributed by atoms with E-state index in [1.54, 1.807) is 26.0 Å². The van der Waals surface area contributed by atoms with Crippen molar-refractivity contribution in [3.05, 3.63) is 35.9 Å². The highest BCUT2D eigenvalue weighted by Crippen LogP contribution is 2.59. The van der Waals surface area contributed by atoms with Crippen molar-refractivity contribution in [2.75, 3.05) is 26.3 Å². The van der Waals surface area contributed by atoms with Crippen molar-refractivity contribution in [1.82, 2.24) is 4.90 Å². The van der Waals surface area contributed by atoms with Gasteiger partial charge in [-0.1, -0.05) is 41.9 Å². The lowest BCUT2D eigenvalue weighted by atomic mass is 9.90. The summed E-state index contributed by atoms with van der Waals surface area (Å²) < 4.78 is 28.9. The van der Waals surface area contributed by atoms with Crippen LogP contribution in [0.3, 0.4) is 0 Å². The quantitative estimate of drug-likeness (QED) is 0.778.